The van der Waals surface area contributed by atoms with Crippen LogP contribution in [0.5, 0.6) is 5.75 Å². The minimum absolute atomic E-state index is 0.0388. The summed E-state index contributed by atoms with van der Waals surface area (Å²) in [6.45, 7) is 2.22. The maximum absolute atomic E-state index is 11.9. The minimum Gasteiger partial charge on any atom is -0.371 e. The second-order valence-corrected chi connectivity index (χ2v) is 7.38. The molecule has 0 aliphatic carbocycles. The van der Waals surface area contributed by atoms with Crippen molar-refractivity contribution >= 4 is 21.9 Å². The Morgan fingerprint density at radius 3 is 2.00 bits per heavy atom. The van der Waals surface area contributed by atoms with Gasteiger partial charge >= 0.3 is 10.3 Å². The molecular weight excluding hydrogens is 340 g/mol. The van der Waals surface area contributed by atoms with E-state index in [4.69, 9.17) is 5.14 Å². The number of rotatable bonds is 13. The predicted octanol–water partition coefficient (Wildman–Crippen LogP) is 4.13. The lowest BCUT2D eigenvalue weighted by Crippen LogP contribution is -2.19. The number of nitrogens with two attached hydrogens (primary N) is 1. The molecule has 1 aromatic rings. The third-order valence-corrected chi connectivity index (χ3v) is 4.28. The number of benzene rings is 1. The molecule has 6 nitrogen and oxygen atoms in total. The summed E-state index contributed by atoms with van der Waals surface area (Å²) >= 11 is 0. The van der Waals surface area contributed by atoms with E-state index in [-0.39, 0.29) is 11.7 Å². The van der Waals surface area contributed by atoms with Crippen LogP contribution in [-0.2, 0) is 15.1 Å². The Morgan fingerprint density at radius 2 is 1.48 bits per heavy atom. The number of hydrogen-bond acceptors (Lipinski definition) is 4. The molecule has 0 saturated carbocycles. The van der Waals surface area contributed by atoms with E-state index in [1.807, 2.05) is 0 Å². The number of carbonyl (C=O) groups excluding carboxylic acids is 1. The van der Waals surface area contributed by atoms with Crippen LogP contribution in [0.25, 0.3) is 0 Å². The minimum atomic E-state index is -4.03. The molecule has 0 spiro atoms. The van der Waals surface area contributed by atoms with Gasteiger partial charge in [0.15, 0.2) is 0 Å². The number of amides is 1. The van der Waals surface area contributed by atoms with E-state index in [0.717, 1.165) is 12.8 Å². The Bertz CT molecular complexity index is 600. The van der Waals surface area contributed by atoms with Crippen molar-refractivity contribution in [2.75, 3.05) is 5.32 Å². The molecule has 142 valence electrons. The van der Waals surface area contributed by atoms with Gasteiger partial charge in [-0.05, 0) is 30.7 Å². The zero-order chi connectivity index (χ0) is 18.5. The van der Waals surface area contributed by atoms with Crippen molar-refractivity contribution in [3.8, 4) is 5.75 Å². The molecule has 0 heterocycles. The first-order valence-corrected chi connectivity index (χ1v) is 10.5. The molecule has 0 unspecified atom stereocenters. The Hall–Kier alpha value is -1.60. The quantitative estimate of drug-likeness (QED) is 0.510. The Labute approximate surface area is 151 Å². The maximum atomic E-state index is 11.9. The first-order chi connectivity index (χ1) is 11.9. The first kappa shape index (κ1) is 21.4. The van der Waals surface area contributed by atoms with Crippen LogP contribution in [0, 0.1) is 0 Å². The van der Waals surface area contributed by atoms with Gasteiger partial charge in [-0.1, -0.05) is 58.3 Å². The maximum Gasteiger partial charge on any atom is 0.380 e. The zero-order valence-corrected chi connectivity index (χ0v) is 15.8. The van der Waals surface area contributed by atoms with E-state index in [1.165, 1.54) is 57.1 Å². The molecule has 0 aliphatic rings. The summed E-state index contributed by atoms with van der Waals surface area (Å²) in [5.41, 5.74) is 0.600. The highest BCUT2D eigenvalue weighted by Gasteiger charge is 2.06. The van der Waals surface area contributed by atoms with Gasteiger partial charge in [0.1, 0.15) is 5.75 Å². The molecular formula is C18H30N2O4S. The van der Waals surface area contributed by atoms with Gasteiger partial charge in [0.25, 0.3) is 0 Å². The number of carbonyl (C=O) groups is 1. The zero-order valence-electron chi connectivity index (χ0n) is 15.0. The van der Waals surface area contributed by atoms with Gasteiger partial charge in [0, 0.05) is 12.1 Å². The molecule has 0 aromatic heterocycles. The topological polar surface area (TPSA) is 98.5 Å². The molecule has 0 atom stereocenters. The van der Waals surface area contributed by atoms with Gasteiger partial charge in [-0.15, -0.1) is 0 Å². The number of unbranched alkanes of at least 4 members (excludes halogenated alkanes) is 8. The fraction of sp³-hybridized carbons (Fsp3) is 0.611. The normalized spacial score (nSPS) is 11.3. The number of anilines is 1. The second-order valence-electron chi connectivity index (χ2n) is 6.23. The molecule has 3 N–H and O–H groups in total. The van der Waals surface area contributed by atoms with Crippen molar-refractivity contribution in [1.29, 1.82) is 0 Å². The third kappa shape index (κ3) is 11.6. The summed E-state index contributed by atoms with van der Waals surface area (Å²) < 4.78 is 26.1. The summed E-state index contributed by atoms with van der Waals surface area (Å²) in [4.78, 5) is 11.9. The van der Waals surface area contributed by atoms with Gasteiger partial charge < -0.3 is 9.50 Å². The van der Waals surface area contributed by atoms with Gasteiger partial charge in [0.05, 0.1) is 0 Å². The Morgan fingerprint density at radius 1 is 0.960 bits per heavy atom. The van der Waals surface area contributed by atoms with Crippen LogP contribution in [0.3, 0.4) is 0 Å². The monoisotopic (exact) mass is 370 g/mol. The molecule has 1 aromatic carbocycles. The van der Waals surface area contributed by atoms with Crippen LogP contribution in [0.1, 0.15) is 71.1 Å². The highest BCUT2D eigenvalue weighted by molar-refractivity contribution is 7.84. The van der Waals surface area contributed by atoms with Crippen LogP contribution >= 0.6 is 0 Å². The standard InChI is InChI=1S/C18H30N2O4S/c1-2-3-4-5-6-7-8-9-10-11-18(21)20-16-12-14-17(15-13-16)24-25(19,22)23/h12-15H,2-11H2,1H3,(H,20,21)(H2,19,22,23). The lowest BCUT2D eigenvalue weighted by atomic mass is 10.1. The SMILES string of the molecule is CCCCCCCCCCCC(=O)Nc1ccc(OS(N)(=O)=O)cc1. The largest absolute Gasteiger partial charge is 0.380 e. The molecule has 0 radical (unpaired) electrons. The van der Waals surface area contributed by atoms with Crippen LogP contribution in [0.4, 0.5) is 5.69 Å². The highest BCUT2D eigenvalue weighted by atomic mass is 32.2. The average Bonchev–Trinajstić information content (AvgIpc) is 2.54. The fourth-order valence-electron chi connectivity index (χ4n) is 2.55. The van der Waals surface area contributed by atoms with Crippen LogP contribution < -0.4 is 14.6 Å². The van der Waals surface area contributed by atoms with Crippen LogP contribution in [0.15, 0.2) is 24.3 Å². The predicted molar refractivity (Wildman–Crippen MR) is 101 cm³/mol. The van der Waals surface area contributed by atoms with Crippen LogP contribution in [0.2, 0.25) is 0 Å². The smallest absolute Gasteiger partial charge is 0.371 e. The first-order valence-electron chi connectivity index (χ1n) is 9.03. The van der Waals surface area contributed by atoms with Crippen molar-refractivity contribution in [2.24, 2.45) is 5.14 Å². The Kier molecular flexibility index (Phi) is 10.2. The number of hydrogen-bond donors (Lipinski definition) is 2. The van der Waals surface area contributed by atoms with E-state index in [2.05, 4.69) is 16.4 Å². The van der Waals surface area contributed by atoms with E-state index in [0.29, 0.717) is 12.1 Å². The van der Waals surface area contributed by atoms with E-state index < -0.39 is 10.3 Å². The lowest BCUT2D eigenvalue weighted by molar-refractivity contribution is -0.116. The molecule has 1 amide bonds. The molecule has 0 fully saturated rings. The molecule has 0 bridgehead atoms. The van der Waals surface area contributed by atoms with Gasteiger partial charge in [-0.2, -0.15) is 13.6 Å². The average molecular weight is 371 g/mol. The number of nitrogens with one attached hydrogen (secondary N) is 1. The third-order valence-electron chi connectivity index (χ3n) is 3.86. The van der Waals surface area contributed by atoms with E-state index in [9.17, 15) is 13.2 Å². The van der Waals surface area contributed by atoms with Crippen molar-refractivity contribution in [3.63, 3.8) is 0 Å². The van der Waals surface area contributed by atoms with Crippen molar-refractivity contribution in [3.05, 3.63) is 24.3 Å². The van der Waals surface area contributed by atoms with Crippen molar-refractivity contribution < 1.29 is 17.4 Å². The Balaban J connectivity index is 2.14. The fourth-order valence-corrected chi connectivity index (χ4v) is 2.93. The molecule has 25 heavy (non-hydrogen) atoms. The van der Waals surface area contributed by atoms with Gasteiger partial charge in [-0.3, -0.25) is 4.79 Å². The molecule has 0 aliphatic heterocycles. The summed E-state index contributed by atoms with van der Waals surface area (Å²) in [5.74, 6) is 0.0718. The van der Waals surface area contributed by atoms with Gasteiger partial charge in [0.2, 0.25) is 5.91 Å². The van der Waals surface area contributed by atoms with E-state index in [1.54, 1.807) is 12.1 Å². The van der Waals surface area contributed by atoms with Crippen molar-refractivity contribution in [2.45, 2.75) is 71.1 Å². The summed E-state index contributed by atoms with van der Waals surface area (Å²) in [5, 5.41) is 7.57. The summed E-state index contributed by atoms with van der Waals surface area (Å²) in [6, 6.07) is 6.04. The molecule has 7 heteroatoms. The van der Waals surface area contributed by atoms with Crippen molar-refractivity contribution in [1.82, 2.24) is 0 Å². The van der Waals surface area contributed by atoms with Crippen LogP contribution in [-0.4, -0.2) is 14.3 Å². The molecule has 1 rings (SSSR count). The van der Waals surface area contributed by atoms with Gasteiger partial charge in [-0.25, -0.2) is 0 Å². The second kappa shape index (κ2) is 11.9. The highest BCUT2D eigenvalue weighted by Crippen LogP contribution is 2.17. The lowest BCUT2D eigenvalue weighted by Gasteiger charge is -2.07. The summed E-state index contributed by atoms with van der Waals surface area (Å²) in [6.07, 6.45) is 11.4. The summed E-state index contributed by atoms with van der Waals surface area (Å²) in [7, 11) is -4.03. The van der Waals surface area contributed by atoms with E-state index >= 15 is 0 Å². The molecule has 0 saturated heterocycles.